The fraction of sp³-hybridized carbons (Fsp3) is 1.00. The van der Waals surface area contributed by atoms with Gasteiger partial charge in [0.1, 0.15) is 0 Å². The summed E-state index contributed by atoms with van der Waals surface area (Å²) < 4.78 is 0. The smallest absolute Gasteiger partial charge is 0.0180 e. The first-order chi connectivity index (χ1) is 6.34. The van der Waals surface area contributed by atoms with Gasteiger partial charge < -0.3 is 10.6 Å². The number of likely N-dealkylation sites (tertiary alicyclic amines) is 1. The SMILES string of the molecule is NC1CCN(CC2CCCCC2)C1. The second-order valence-corrected chi connectivity index (χ2v) is 4.81. The number of nitrogens with zero attached hydrogens (tertiary/aromatic N) is 1. The molecule has 76 valence electrons. The summed E-state index contributed by atoms with van der Waals surface area (Å²) in [5.41, 5.74) is 5.89. The van der Waals surface area contributed by atoms with E-state index in [4.69, 9.17) is 5.73 Å². The molecule has 0 bridgehead atoms. The van der Waals surface area contributed by atoms with Crippen LogP contribution in [0.15, 0.2) is 0 Å². The molecule has 1 saturated carbocycles. The van der Waals surface area contributed by atoms with Gasteiger partial charge in [-0.1, -0.05) is 19.3 Å². The van der Waals surface area contributed by atoms with Crippen LogP contribution in [0.1, 0.15) is 38.5 Å². The average molecular weight is 182 g/mol. The first kappa shape index (κ1) is 9.47. The zero-order valence-electron chi connectivity index (χ0n) is 8.54. The maximum absolute atomic E-state index is 5.89. The van der Waals surface area contributed by atoms with E-state index in [1.807, 2.05) is 0 Å². The summed E-state index contributed by atoms with van der Waals surface area (Å²) in [4.78, 5) is 2.57. The van der Waals surface area contributed by atoms with Crippen molar-refractivity contribution in [1.82, 2.24) is 4.90 Å². The predicted molar refractivity (Wildman–Crippen MR) is 55.6 cm³/mol. The van der Waals surface area contributed by atoms with Gasteiger partial charge in [0.2, 0.25) is 0 Å². The molecule has 0 spiro atoms. The minimum atomic E-state index is 0.462. The summed E-state index contributed by atoms with van der Waals surface area (Å²) in [5, 5.41) is 0. The van der Waals surface area contributed by atoms with Gasteiger partial charge in [-0.25, -0.2) is 0 Å². The molecule has 0 radical (unpaired) electrons. The molecule has 1 unspecified atom stereocenters. The van der Waals surface area contributed by atoms with Crippen molar-refractivity contribution >= 4 is 0 Å². The Morgan fingerprint density at radius 3 is 2.46 bits per heavy atom. The highest BCUT2D eigenvalue weighted by Gasteiger charge is 2.22. The molecule has 2 aliphatic rings. The lowest BCUT2D eigenvalue weighted by Crippen LogP contribution is -2.31. The van der Waals surface area contributed by atoms with Gasteiger partial charge in [0.05, 0.1) is 0 Å². The minimum Gasteiger partial charge on any atom is -0.326 e. The van der Waals surface area contributed by atoms with Gasteiger partial charge in [0.25, 0.3) is 0 Å². The Labute approximate surface area is 81.5 Å². The fourth-order valence-electron chi connectivity index (χ4n) is 2.76. The quantitative estimate of drug-likeness (QED) is 0.703. The second kappa shape index (κ2) is 4.43. The third-order valence-electron chi connectivity index (χ3n) is 3.55. The highest BCUT2D eigenvalue weighted by Crippen LogP contribution is 2.25. The molecular weight excluding hydrogens is 160 g/mol. The fourth-order valence-corrected chi connectivity index (χ4v) is 2.76. The molecule has 1 heterocycles. The monoisotopic (exact) mass is 182 g/mol. The first-order valence-electron chi connectivity index (χ1n) is 5.82. The van der Waals surface area contributed by atoms with Crippen LogP contribution in [0.3, 0.4) is 0 Å². The molecule has 0 aromatic carbocycles. The normalized spacial score (nSPS) is 32.5. The van der Waals surface area contributed by atoms with Crippen molar-refractivity contribution in [2.24, 2.45) is 11.7 Å². The lowest BCUT2D eigenvalue weighted by Gasteiger charge is -2.26. The summed E-state index contributed by atoms with van der Waals surface area (Å²) in [7, 11) is 0. The molecule has 2 nitrogen and oxygen atoms in total. The third-order valence-corrected chi connectivity index (χ3v) is 3.55. The van der Waals surface area contributed by atoms with Crippen molar-refractivity contribution in [3.63, 3.8) is 0 Å². The van der Waals surface area contributed by atoms with Gasteiger partial charge in [0.15, 0.2) is 0 Å². The van der Waals surface area contributed by atoms with Crippen LogP contribution in [0.25, 0.3) is 0 Å². The van der Waals surface area contributed by atoms with Crippen LogP contribution < -0.4 is 5.73 Å². The van der Waals surface area contributed by atoms with Crippen LogP contribution in [0.2, 0.25) is 0 Å². The molecule has 13 heavy (non-hydrogen) atoms. The Morgan fingerprint density at radius 1 is 1.08 bits per heavy atom. The van der Waals surface area contributed by atoms with Crippen LogP contribution in [0, 0.1) is 5.92 Å². The Bertz CT molecular complexity index is 149. The largest absolute Gasteiger partial charge is 0.326 e. The van der Waals surface area contributed by atoms with Gasteiger partial charge in [-0.3, -0.25) is 0 Å². The van der Waals surface area contributed by atoms with E-state index in [1.165, 1.54) is 51.6 Å². The number of hydrogen-bond acceptors (Lipinski definition) is 2. The standard InChI is InChI=1S/C11H22N2/c12-11-6-7-13(9-11)8-10-4-2-1-3-5-10/h10-11H,1-9,12H2. The Kier molecular flexibility index (Phi) is 3.23. The number of rotatable bonds is 2. The van der Waals surface area contributed by atoms with Gasteiger partial charge in [-0.15, -0.1) is 0 Å². The Balaban J connectivity index is 1.71. The molecule has 2 fully saturated rings. The van der Waals surface area contributed by atoms with E-state index in [0.29, 0.717) is 6.04 Å². The van der Waals surface area contributed by atoms with E-state index in [9.17, 15) is 0 Å². The molecule has 2 rings (SSSR count). The van der Waals surface area contributed by atoms with Gasteiger partial charge in [-0.2, -0.15) is 0 Å². The van der Waals surface area contributed by atoms with E-state index in [2.05, 4.69) is 4.90 Å². The zero-order chi connectivity index (χ0) is 9.10. The lowest BCUT2D eigenvalue weighted by molar-refractivity contribution is 0.232. The molecule has 1 atom stereocenters. The van der Waals surface area contributed by atoms with E-state index < -0.39 is 0 Å². The van der Waals surface area contributed by atoms with Crippen molar-refractivity contribution < 1.29 is 0 Å². The zero-order valence-corrected chi connectivity index (χ0v) is 8.54. The highest BCUT2D eigenvalue weighted by molar-refractivity contribution is 4.80. The average Bonchev–Trinajstić information content (AvgIpc) is 2.53. The van der Waals surface area contributed by atoms with Crippen molar-refractivity contribution in [3.05, 3.63) is 0 Å². The van der Waals surface area contributed by atoms with Crippen molar-refractivity contribution in [2.75, 3.05) is 19.6 Å². The van der Waals surface area contributed by atoms with Gasteiger partial charge in [0, 0.05) is 19.1 Å². The van der Waals surface area contributed by atoms with Crippen LogP contribution in [-0.4, -0.2) is 30.6 Å². The highest BCUT2D eigenvalue weighted by atomic mass is 15.2. The third kappa shape index (κ3) is 2.68. The lowest BCUT2D eigenvalue weighted by atomic mass is 9.89. The summed E-state index contributed by atoms with van der Waals surface area (Å²) in [5.74, 6) is 0.985. The predicted octanol–water partition coefficient (Wildman–Crippen LogP) is 1.60. The Morgan fingerprint density at radius 2 is 1.85 bits per heavy atom. The van der Waals surface area contributed by atoms with Crippen LogP contribution in [0.5, 0.6) is 0 Å². The van der Waals surface area contributed by atoms with E-state index in [1.54, 1.807) is 0 Å². The molecule has 1 aliphatic heterocycles. The molecule has 2 N–H and O–H groups in total. The van der Waals surface area contributed by atoms with Crippen LogP contribution >= 0.6 is 0 Å². The van der Waals surface area contributed by atoms with E-state index >= 15 is 0 Å². The summed E-state index contributed by atoms with van der Waals surface area (Å²) >= 11 is 0. The van der Waals surface area contributed by atoms with Gasteiger partial charge in [-0.05, 0) is 31.7 Å². The molecule has 1 saturated heterocycles. The summed E-state index contributed by atoms with van der Waals surface area (Å²) in [6, 6.07) is 0.462. The van der Waals surface area contributed by atoms with Crippen LogP contribution in [-0.2, 0) is 0 Å². The van der Waals surface area contributed by atoms with Crippen molar-refractivity contribution in [3.8, 4) is 0 Å². The number of nitrogens with two attached hydrogens (primary N) is 1. The van der Waals surface area contributed by atoms with E-state index in [-0.39, 0.29) is 0 Å². The minimum absolute atomic E-state index is 0.462. The first-order valence-corrected chi connectivity index (χ1v) is 5.82. The summed E-state index contributed by atoms with van der Waals surface area (Å²) in [6.07, 6.45) is 8.54. The topological polar surface area (TPSA) is 29.3 Å². The van der Waals surface area contributed by atoms with Crippen molar-refractivity contribution in [1.29, 1.82) is 0 Å². The molecular formula is C11H22N2. The molecule has 0 amide bonds. The molecule has 1 aliphatic carbocycles. The van der Waals surface area contributed by atoms with E-state index in [0.717, 1.165) is 12.5 Å². The summed E-state index contributed by atoms with van der Waals surface area (Å²) in [6.45, 7) is 3.72. The van der Waals surface area contributed by atoms with Crippen molar-refractivity contribution in [2.45, 2.75) is 44.6 Å². The second-order valence-electron chi connectivity index (χ2n) is 4.81. The number of hydrogen-bond donors (Lipinski definition) is 1. The Hall–Kier alpha value is -0.0800. The maximum atomic E-state index is 5.89. The van der Waals surface area contributed by atoms with Crippen LogP contribution in [0.4, 0.5) is 0 Å². The molecule has 2 heteroatoms. The molecule has 0 aromatic rings. The maximum Gasteiger partial charge on any atom is 0.0180 e. The van der Waals surface area contributed by atoms with Gasteiger partial charge >= 0.3 is 0 Å². The molecule has 0 aromatic heterocycles.